The lowest BCUT2D eigenvalue weighted by Gasteiger charge is -2.25. The summed E-state index contributed by atoms with van der Waals surface area (Å²) in [5.74, 6) is -5.61. The molecule has 0 aliphatic rings. The van der Waals surface area contributed by atoms with Crippen LogP contribution in [0.15, 0.2) is 54.7 Å². The summed E-state index contributed by atoms with van der Waals surface area (Å²) < 4.78 is 23.8. The largest absolute Gasteiger partial charge is 0.481 e. The van der Waals surface area contributed by atoms with E-state index in [1.165, 1.54) is 0 Å². The average Bonchev–Trinajstić information content (AvgIpc) is 3.37. The lowest BCUT2D eigenvalue weighted by Crippen LogP contribution is -2.58. The number of fused-ring (bicyclic) bond motifs is 1. The number of carboxylic acids is 1. The number of sulfone groups is 1. The van der Waals surface area contributed by atoms with E-state index in [0.29, 0.717) is 5.56 Å². The predicted molar refractivity (Wildman–Crippen MR) is 166 cm³/mol. The summed E-state index contributed by atoms with van der Waals surface area (Å²) in [6, 6.07) is 8.95. The number of amides is 4. The molecule has 15 heteroatoms. The van der Waals surface area contributed by atoms with Crippen LogP contribution >= 0.6 is 0 Å². The molecule has 45 heavy (non-hydrogen) atoms. The standard InChI is InChI=1S/C30H38N6O8S/c1-17-7-9-18(10-8-17)13-24(27(32)39)35-30(42)25(15-26(37)38)36-29(41)23(11-12-45(2,43)44)34-28(40)21(31)14-19-16-33-22-6-4-3-5-20(19)22/h3-10,16,21,23-25,33H,11-15,31H2,1-2H3,(H2,32,39)(H,34,40)(H,35,42)(H,36,41)(H,37,38)/t21-,23+,24+,25+/m1/s1. The van der Waals surface area contributed by atoms with Crippen LogP contribution in [0.2, 0.25) is 0 Å². The van der Waals surface area contributed by atoms with Crippen LogP contribution < -0.4 is 27.4 Å². The zero-order valence-corrected chi connectivity index (χ0v) is 25.7. The molecule has 0 spiro atoms. The topological polar surface area (TPSA) is 244 Å². The van der Waals surface area contributed by atoms with Gasteiger partial charge in [0.25, 0.3) is 0 Å². The van der Waals surface area contributed by atoms with E-state index in [0.717, 1.165) is 28.3 Å². The first-order chi connectivity index (χ1) is 21.1. The number of nitrogens with one attached hydrogen (secondary N) is 4. The molecule has 3 aromatic rings. The van der Waals surface area contributed by atoms with E-state index in [2.05, 4.69) is 20.9 Å². The maximum Gasteiger partial charge on any atom is 0.305 e. The van der Waals surface area contributed by atoms with Crippen molar-refractivity contribution in [2.45, 2.75) is 56.8 Å². The number of aliphatic carboxylic acids is 1. The Kier molecular flexibility index (Phi) is 11.8. The minimum absolute atomic E-state index is 0.0104. The molecular formula is C30H38N6O8S. The van der Waals surface area contributed by atoms with Gasteiger partial charge in [0.05, 0.1) is 18.2 Å². The number of aromatic amines is 1. The highest BCUT2D eigenvalue weighted by Gasteiger charge is 2.32. The third-order valence-corrected chi connectivity index (χ3v) is 8.07. The van der Waals surface area contributed by atoms with Crippen LogP contribution in [-0.4, -0.2) is 84.3 Å². The highest BCUT2D eigenvalue weighted by molar-refractivity contribution is 7.90. The van der Waals surface area contributed by atoms with Crippen LogP contribution in [0, 0.1) is 6.92 Å². The molecule has 0 bridgehead atoms. The number of hydrogen-bond acceptors (Lipinski definition) is 8. The van der Waals surface area contributed by atoms with Gasteiger partial charge in [-0.3, -0.25) is 24.0 Å². The molecule has 0 aliphatic heterocycles. The number of carbonyl (C=O) groups excluding carboxylic acids is 4. The summed E-state index contributed by atoms with van der Waals surface area (Å²) in [5.41, 5.74) is 14.9. The summed E-state index contributed by atoms with van der Waals surface area (Å²) >= 11 is 0. The maximum absolute atomic E-state index is 13.3. The Labute approximate surface area is 260 Å². The Hall–Kier alpha value is -4.76. The number of nitrogens with two attached hydrogens (primary N) is 2. The first-order valence-corrected chi connectivity index (χ1v) is 16.1. The molecule has 0 saturated heterocycles. The fourth-order valence-corrected chi connectivity index (χ4v) is 5.28. The Morgan fingerprint density at radius 1 is 0.867 bits per heavy atom. The molecule has 3 rings (SSSR count). The molecule has 1 heterocycles. The summed E-state index contributed by atoms with van der Waals surface area (Å²) in [7, 11) is -3.59. The normalized spacial score (nSPS) is 14.1. The second kappa shape index (κ2) is 15.3. The van der Waals surface area contributed by atoms with Crippen molar-refractivity contribution < 1.29 is 37.5 Å². The maximum atomic E-state index is 13.3. The van der Waals surface area contributed by atoms with Gasteiger partial charge in [-0.05, 0) is 37.0 Å². The minimum atomic E-state index is -3.59. The van der Waals surface area contributed by atoms with Crippen molar-refractivity contribution in [1.29, 1.82) is 0 Å². The van der Waals surface area contributed by atoms with Crippen molar-refractivity contribution in [1.82, 2.24) is 20.9 Å². The lowest BCUT2D eigenvalue weighted by molar-refractivity contribution is -0.141. The fraction of sp³-hybridized carbons (Fsp3) is 0.367. The van der Waals surface area contributed by atoms with Crippen molar-refractivity contribution in [3.63, 3.8) is 0 Å². The summed E-state index contributed by atoms with van der Waals surface area (Å²) in [5, 5.41) is 17.4. The highest BCUT2D eigenvalue weighted by atomic mass is 32.2. The van der Waals surface area contributed by atoms with E-state index in [9.17, 15) is 37.5 Å². The SMILES string of the molecule is Cc1ccc(C[C@H](NC(=O)[C@H](CC(=O)O)NC(=O)[C@H](CCS(C)(=O)=O)NC(=O)[C@H](N)Cc2c[nH]c3ccccc23)C(N)=O)cc1. The average molecular weight is 643 g/mol. The van der Waals surface area contributed by atoms with E-state index >= 15 is 0 Å². The number of hydrogen-bond donors (Lipinski definition) is 7. The van der Waals surface area contributed by atoms with E-state index in [1.54, 1.807) is 30.5 Å². The zero-order valence-electron chi connectivity index (χ0n) is 24.9. The van der Waals surface area contributed by atoms with Crippen molar-refractivity contribution in [3.8, 4) is 0 Å². The molecule has 242 valence electrons. The van der Waals surface area contributed by atoms with Gasteiger partial charge in [-0.2, -0.15) is 0 Å². The number of aromatic nitrogens is 1. The number of carbonyl (C=O) groups is 5. The summed E-state index contributed by atoms with van der Waals surface area (Å²) in [4.78, 5) is 66.3. The smallest absolute Gasteiger partial charge is 0.305 e. The minimum Gasteiger partial charge on any atom is -0.481 e. The number of carboxylic acid groups (broad SMARTS) is 1. The first-order valence-electron chi connectivity index (χ1n) is 14.1. The Morgan fingerprint density at radius 2 is 1.47 bits per heavy atom. The predicted octanol–water partition coefficient (Wildman–Crippen LogP) is -0.562. The molecule has 1 aromatic heterocycles. The number of primary amides is 1. The van der Waals surface area contributed by atoms with E-state index in [1.807, 2.05) is 31.2 Å². The van der Waals surface area contributed by atoms with Gasteiger partial charge >= 0.3 is 5.97 Å². The lowest BCUT2D eigenvalue weighted by atomic mass is 10.0. The molecule has 0 fully saturated rings. The molecule has 14 nitrogen and oxygen atoms in total. The van der Waals surface area contributed by atoms with Crippen LogP contribution in [0.25, 0.3) is 10.9 Å². The van der Waals surface area contributed by atoms with Crippen LogP contribution in [0.1, 0.15) is 29.5 Å². The van der Waals surface area contributed by atoms with Crippen LogP contribution in [0.4, 0.5) is 0 Å². The fourth-order valence-electron chi connectivity index (χ4n) is 4.62. The van der Waals surface area contributed by atoms with Crippen molar-refractivity contribution in [2.24, 2.45) is 11.5 Å². The Morgan fingerprint density at radius 3 is 2.09 bits per heavy atom. The van der Waals surface area contributed by atoms with Gasteiger partial charge in [0.1, 0.15) is 28.0 Å². The van der Waals surface area contributed by atoms with Gasteiger partial charge in [-0.1, -0.05) is 48.0 Å². The Balaban J connectivity index is 1.75. The molecule has 0 unspecified atom stereocenters. The quantitative estimate of drug-likeness (QED) is 0.106. The second-order valence-electron chi connectivity index (χ2n) is 11.0. The molecule has 4 atom stereocenters. The zero-order chi connectivity index (χ0) is 33.3. The monoisotopic (exact) mass is 642 g/mol. The summed E-state index contributed by atoms with van der Waals surface area (Å²) in [6.45, 7) is 1.87. The van der Waals surface area contributed by atoms with Gasteiger partial charge in [-0.25, -0.2) is 8.42 Å². The molecule has 0 aliphatic carbocycles. The molecule has 9 N–H and O–H groups in total. The second-order valence-corrected chi connectivity index (χ2v) is 13.2. The van der Waals surface area contributed by atoms with E-state index < -0.39 is 75.8 Å². The van der Waals surface area contributed by atoms with Gasteiger partial charge in [0.2, 0.25) is 23.6 Å². The van der Waals surface area contributed by atoms with Gasteiger partial charge in [0.15, 0.2) is 0 Å². The van der Waals surface area contributed by atoms with Gasteiger partial charge in [0, 0.05) is 29.8 Å². The van der Waals surface area contributed by atoms with E-state index in [4.69, 9.17) is 11.5 Å². The summed E-state index contributed by atoms with van der Waals surface area (Å²) in [6.07, 6.45) is 1.51. The number of benzene rings is 2. The Bertz CT molecular complexity index is 1650. The van der Waals surface area contributed by atoms with Crippen LogP contribution in [0.3, 0.4) is 0 Å². The number of para-hydroxylation sites is 1. The molecule has 4 amide bonds. The highest BCUT2D eigenvalue weighted by Crippen LogP contribution is 2.19. The molecular weight excluding hydrogens is 604 g/mol. The molecule has 0 radical (unpaired) electrons. The third-order valence-electron chi connectivity index (χ3n) is 7.09. The van der Waals surface area contributed by atoms with E-state index in [-0.39, 0.29) is 19.3 Å². The third kappa shape index (κ3) is 10.7. The first kappa shape index (κ1) is 34.7. The van der Waals surface area contributed by atoms with Crippen LogP contribution in [0.5, 0.6) is 0 Å². The van der Waals surface area contributed by atoms with Crippen LogP contribution in [-0.2, 0) is 46.7 Å². The number of H-pyrrole nitrogens is 1. The van der Waals surface area contributed by atoms with Gasteiger partial charge < -0.3 is 37.5 Å². The number of aryl methyl sites for hydroxylation is 1. The van der Waals surface area contributed by atoms with Crippen molar-refractivity contribution in [3.05, 3.63) is 71.4 Å². The van der Waals surface area contributed by atoms with Crippen molar-refractivity contribution >= 4 is 50.3 Å². The van der Waals surface area contributed by atoms with Crippen molar-refractivity contribution in [2.75, 3.05) is 12.0 Å². The molecule has 0 saturated carbocycles. The number of rotatable bonds is 16. The van der Waals surface area contributed by atoms with Gasteiger partial charge in [-0.15, -0.1) is 0 Å². The molecule has 2 aromatic carbocycles.